The van der Waals surface area contributed by atoms with Gasteiger partial charge in [-0.25, -0.2) is 9.67 Å². The van der Waals surface area contributed by atoms with Crippen LogP contribution in [0.3, 0.4) is 0 Å². The van der Waals surface area contributed by atoms with Gasteiger partial charge in [0.15, 0.2) is 0 Å². The highest BCUT2D eigenvalue weighted by Crippen LogP contribution is 2.07. The molecule has 0 spiro atoms. The number of hydrogen-bond acceptors (Lipinski definition) is 4. The van der Waals surface area contributed by atoms with Crippen molar-refractivity contribution in [2.45, 2.75) is 13.1 Å². The van der Waals surface area contributed by atoms with Crippen molar-refractivity contribution >= 4 is 5.91 Å². The highest BCUT2D eigenvalue weighted by atomic mass is 16.3. The van der Waals surface area contributed by atoms with Crippen LogP contribution < -0.4 is 5.32 Å². The van der Waals surface area contributed by atoms with Crippen molar-refractivity contribution in [3.8, 4) is 0 Å². The van der Waals surface area contributed by atoms with Gasteiger partial charge in [-0.15, -0.1) is 0 Å². The van der Waals surface area contributed by atoms with Gasteiger partial charge in [0.05, 0.1) is 19.4 Å². The first kappa shape index (κ1) is 13.1. The van der Waals surface area contributed by atoms with Crippen molar-refractivity contribution < 1.29 is 9.21 Å². The van der Waals surface area contributed by atoms with Gasteiger partial charge in [0, 0.05) is 5.56 Å². The number of rotatable bonds is 5. The molecule has 21 heavy (non-hydrogen) atoms. The smallest absolute Gasteiger partial charge is 0.251 e. The van der Waals surface area contributed by atoms with Crippen LogP contribution in [0, 0.1) is 0 Å². The van der Waals surface area contributed by atoms with E-state index in [4.69, 9.17) is 4.42 Å². The molecule has 3 aromatic rings. The molecule has 0 saturated carbocycles. The van der Waals surface area contributed by atoms with Crippen LogP contribution in [0.2, 0.25) is 0 Å². The Kier molecular flexibility index (Phi) is 3.77. The number of hydrogen-bond donors (Lipinski definition) is 1. The molecule has 0 radical (unpaired) electrons. The fourth-order valence-electron chi connectivity index (χ4n) is 1.95. The molecule has 0 bridgehead atoms. The zero-order valence-corrected chi connectivity index (χ0v) is 11.3. The first-order valence-electron chi connectivity index (χ1n) is 6.53. The van der Waals surface area contributed by atoms with Crippen molar-refractivity contribution in [1.29, 1.82) is 0 Å². The number of benzene rings is 1. The zero-order chi connectivity index (χ0) is 14.5. The van der Waals surface area contributed by atoms with Crippen LogP contribution in [-0.2, 0) is 13.1 Å². The van der Waals surface area contributed by atoms with E-state index in [1.54, 1.807) is 35.5 Å². The fourth-order valence-corrected chi connectivity index (χ4v) is 1.95. The Bertz CT molecular complexity index is 688. The summed E-state index contributed by atoms with van der Waals surface area (Å²) in [4.78, 5) is 15.9. The van der Waals surface area contributed by atoms with Gasteiger partial charge in [0.2, 0.25) is 0 Å². The Balaban J connectivity index is 1.59. The maximum atomic E-state index is 12.0. The van der Waals surface area contributed by atoms with Gasteiger partial charge in [-0.2, -0.15) is 5.10 Å². The minimum absolute atomic E-state index is 0.126. The molecule has 0 aliphatic carbocycles. The normalized spacial score (nSPS) is 10.5. The summed E-state index contributed by atoms with van der Waals surface area (Å²) in [5, 5.41) is 6.85. The third kappa shape index (κ3) is 3.36. The van der Waals surface area contributed by atoms with Gasteiger partial charge < -0.3 is 9.73 Å². The summed E-state index contributed by atoms with van der Waals surface area (Å²) >= 11 is 0. The Labute approximate surface area is 121 Å². The second-order valence-corrected chi connectivity index (χ2v) is 4.55. The number of nitrogens with one attached hydrogen (secondary N) is 1. The second kappa shape index (κ2) is 6.04. The van der Waals surface area contributed by atoms with E-state index in [0.717, 1.165) is 11.3 Å². The van der Waals surface area contributed by atoms with Crippen LogP contribution in [0.25, 0.3) is 0 Å². The third-order valence-electron chi connectivity index (χ3n) is 3.03. The van der Waals surface area contributed by atoms with Crippen LogP contribution in [0.1, 0.15) is 21.7 Å². The Hall–Kier alpha value is -2.89. The summed E-state index contributed by atoms with van der Waals surface area (Å²) in [6, 6.07) is 11.0. The topological polar surface area (TPSA) is 73.0 Å². The summed E-state index contributed by atoms with van der Waals surface area (Å²) < 4.78 is 6.90. The molecule has 3 rings (SSSR count). The summed E-state index contributed by atoms with van der Waals surface area (Å²) in [6.07, 6.45) is 4.74. The maximum Gasteiger partial charge on any atom is 0.251 e. The van der Waals surface area contributed by atoms with Crippen molar-refractivity contribution in [2.75, 3.05) is 0 Å². The molecule has 0 aliphatic rings. The summed E-state index contributed by atoms with van der Waals surface area (Å²) in [7, 11) is 0. The van der Waals surface area contributed by atoms with E-state index in [-0.39, 0.29) is 5.91 Å². The van der Waals surface area contributed by atoms with Gasteiger partial charge in [-0.1, -0.05) is 12.1 Å². The maximum absolute atomic E-state index is 12.0. The van der Waals surface area contributed by atoms with E-state index < -0.39 is 0 Å². The quantitative estimate of drug-likeness (QED) is 0.775. The molecule has 0 fully saturated rings. The predicted molar refractivity (Wildman–Crippen MR) is 75.4 cm³/mol. The molecule has 6 nitrogen and oxygen atoms in total. The number of aromatic nitrogens is 3. The largest absolute Gasteiger partial charge is 0.467 e. The zero-order valence-electron chi connectivity index (χ0n) is 11.3. The fraction of sp³-hybridized carbons (Fsp3) is 0.133. The van der Waals surface area contributed by atoms with E-state index in [2.05, 4.69) is 15.4 Å². The number of amides is 1. The molecular weight excluding hydrogens is 268 g/mol. The highest BCUT2D eigenvalue weighted by Gasteiger charge is 2.06. The number of nitrogens with zero attached hydrogens (tertiary/aromatic N) is 3. The first-order chi connectivity index (χ1) is 10.3. The van der Waals surface area contributed by atoms with Crippen molar-refractivity contribution in [1.82, 2.24) is 20.1 Å². The molecule has 0 saturated heterocycles. The Morgan fingerprint density at radius 1 is 1.24 bits per heavy atom. The van der Waals surface area contributed by atoms with E-state index in [1.807, 2.05) is 18.2 Å². The molecule has 6 heteroatoms. The van der Waals surface area contributed by atoms with Crippen LogP contribution in [0.4, 0.5) is 0 Å². The predicted octanol–water partition coefficient (Wildman–Crippen LogP) is 1.85. The van der Waals surface area contributed by atoms with Crippen molar-refractivity contribution in [3.05, 3.63) is 72.2 Å². The summed E-state index contributed by atoms with van der Waals surface area (Å²) in [5.41, 5.74) is 1.67. The molecular formula is C15H14N4O2. The van der Waals surface area contributed by atoms with Gasteiger partial charge in [0.1, 0.15) is 18.4 Å². The Morgan fingerprint density at radius 3 is 2.76 bits per heavy atom. The van der Waals surface area contributed by atoms with Gasteiger partial charge in [0.25, 0.3) is 5.91 Å². The van der Waals surface area contributed by atoms with E-state index in [0.29, 0.717) is 18.7 Å². The average molecular weight is 282 g/mol. The van der Waals surface area contributed by atoms with Gasteiger partial charge in [-0.05, 0) is 29.8 Å². The molecule has 1 aromatic carbocycles. The number of carbonyl (C=O) groups excluding carboxylic acids is 1. The molecule has 106 valence electrons. The molecule has 2 aromatic heterocycles. The lowest BCUT2D eigenvalue weighted by molar-refractivity contribution is 0.0948. The lowest BCUT2D eigenvalue weighted by atomic mass is 10.1. The minimum atomic E-state index is -0.126. The number of carbonyl (C=O) groups is 1. The summed E-state index contributed by atoms with van der Waals surface area (Å²) in [6.45, 7) is 1.01. The molecule has 0 aliphatic heterocycles. The lowest BCUT2D eigenvalue weighted by Crippen LogP contribution is -2.22. The average Bonchev–Trinajstić information content (AvgIpc) is 3.19. The summed E-state index contributed by atoms with van der Waals surface area (Å²) in [5.74, 6) is 0.602. The monoisotopic (exact) mass is 282 g/mol. The van der Waals surface area contributed by atoms with E-state index in [9.17, 15) is 4.79 Å². The third-order valence-corrected chi connectivity index (χ3v) is 3.03. The SMILES string of the molecule is O=C(NCc1ccco1)c1ccc(Cn2cncn2)cc1. The highest BCUT2D eigenvalue weighted by molar-refractivity contribution is 5.94. The van der Waals surface area contributed by atoms with Crippen LogP contribution in [-0.4, -0.2) is 20.7 Å². The van der Waals surface area contributed by atoms with Crippen molar-refractivity contribution in [2.24, 2.45) is 0 Å². The minimum Gasteiger partial charge on any atom is -0.467 e. The lowest BCUT2D eigenvalue weighted by Gasteiger charge is -2.05. The first-order valence-corrected chi connectivity index (χ1v) is 6.53. The van der Waals surface area contributed by atoms with E-state index in [1.165, 1.54) is 6.33 Å². The molecule has 0 atom stereocenters. The molecule has 0 unspecified atom stereocenters. The molecule has 2 heterocycles. The standard InChI is InChI=1S/C15H14N4O2/c20-15(17-8-14-2-1-7-21-14)13-5-3-12(4-6-13)9-19-11-16-10-18-19/h1-7,10-11H,8-9H2,(H,17,20). The van der Waals surface area contributed by atoms with Crippen LogP contribution in [0.15, 0.2) is 59.7 Å². The van der Waals surface area contributed by atoms with Crippen LogP contribution in [0.5, 0.6) is 0 Å². The molecule has 1 amide bonds. The molecule has 1 N–H and O–H groups in total. The Morgan fingerprint density at radius 2 is 2.10 bits per heavy atom. The second-order valence-electron chi connectivity index (χ2n) is 4.55. The van der Waals surface area contributed by atoms with Crippen molar-refractivity contribution in [3.63, 3.8) is 0 Å². The van der Waals surface area contributed by atoms with E-state index >= 15 is 0 Å². The van der Waals surface area contributed by atoms with Crippen LogP contribution >= 0.6 is 0 Å². The number of furan rings is 1. The van der Waals surface area contributed by atoms with Gasteiger partial charge in [-0.3, -0.25) is 4.79 Å². The van der Waals surface area contributed by atoms with Gasteiger partial charge >= 0.3 is 0 Å².